The van der Waals surface area contributed by atoms with Crippen molar-refractivity contribution in [2.24, 2.45) is 0 Å². The molecule has 7 heteroatoms. The van der Waals surface area contributed by atoms with E-state index in [1.807, 2.05) is 0 Å². The van der Waals surface area contributed by atoms with Crippen LogP contribution in [0.4, 0.5) is 0 Å². The number of ether oxygens (including phenoxy) is 1. The predicted octanol–water partition coefficient (Wildman–Crippen LogP) is -0.201. The molecule has 0 spiro atoms. The van der Waals surface area contributed by atoms with Gasteiger partial charge in [-0.25, -0.2) is 0 Å². The fraction of sp³-hybridized carbons (Fsp3) is 0.700. The number of carboxylic acids is 2. The first-order valence-electron chi connectivity index (χ1n) is 5.05. The van der Waals surface area contributed by atoms with E-state index in [9.17, 15) is 14.4 Å². The van der Waals surface area contributed by atoms with Crippen LogP contribution in [0, 0.1) is 0 Å². The number of rotatable bonds is 7. The average molecular weight is 247 g/mol. The Morgan fingerprint density at radius 3 is 1.82 bits per heavy atom. The van der Waals surface area contributed by atoms with E-state index in [4.69, 9.17) is 14.9 Å². The number of amides is 1. The molecular weight excluding hydrogens is 230 g/mol. The zero-order valence-corrected chi connectivity index (χ0v) is 10.1. The molecule has 2 N–H and O–H groups in total. The second kappa shape index (κ2) is 6.19. The first kappa shape index (κ1) is 15.4. The van der Waals surface area contributed by atoms with E-state index in [1.54, 1.807) is 6.92 Å². The molecule has 0 saturated heterocycles. The molecule has 0 aliphatic rings. The van der Waals surface area contributed by atoms with Crippen LogP contribution in [0.2, 0.25) is 0 Å². The highest BCUT2D eigenvalue weighted by Gasteiger charge is 2.36. The summed E-state index contributed by atoms with van der Waals surface area (Å²) in [7, 11) is 1.32. The number of carbonyl (C=O) groups is 3. The third-order valence-corrected chi connectivity index (χ3v) is 2.52. The summed E-state index contributed by atoms with van der Waals surface area (Å²) in [5.41, 5.74) is -1.20. The molecule has 0 fully saturated rings. The van der Waals surface area contributed by atoms with Crippen LogP contribution in [0.1, 0.15) is 20.3 Å². The highest BCUT2D eigenvalue weighted by atomic mass is 16.5. The third-order valence-electron chi connectivity index (χ3n) is 2.52. The topological polar surface area (TPSA) is 104 Å². The Bertz CT molecular complexity index is 294. The van der Waals surface area contributed by atoms with Gasteiger partial charge in [0, 0.05) is 7.11 Å². The predicted molar refractivity (Wildman–Crippen MR) is 57.6 cm³/mol. The molecule has 1 atom stereocenters. The summed E-state index contributed by atoms with van der Waals surface area (Å²) in [6.07, 6.45) is 0.318. The van der Waals surface area contributed by atoms with E-state index in [0.29, 0.717) is 6.42 Å². The molecule has 1 amide bonds. The van der Waals surface area contributed by atoms with Crippen molar-refractivity contribution in [1.82, 2.24) is 4.90 Å². The van der Waals surface area contributed by atoms with Crippen molar-refractivity contribution in [2.45, 2.75) is 25.9 Å². The standard InChI is InChI=1S/C10H17NO6/c1-4-10(2,17-3)9(16)11(5-7(12)13)6-8(14)15/h4-6H2,1-3H3,(H,12,13)(H,14,15). The van der Waals surface area contributed by atoms with Crippen LogP contribution in [-0.2, 0) is 19.1 Å². The second-order valence-corrected chi connectivity index (χ2v) is 3.74. The normalized spacial score (nSPS) is 13.8. The molecule has 0 bridgehead atoms. The van der Waals surface area contributed by atoms with E-state index in [-0.39, 0.29) is 0 Å². The number of hydrogen-bond donors (Lipinski definition) is 2. The van der Waals surface area contributed by atoms with Gasteiger partial charge in [0.15, 0.2) is 0 Å². The summed E-state index contributed by atoms with van der Waals surface area (Å²) in [4.78, 5) is 33.9. The highest BCUT2D eigenvalue weighted by molar-refractivity contribution is 5.90. The summed E-state index contributed by atoms with van der Waals surface area (Å²) in [6.45, 7) is 1.86. The second-order valence-electron chi connectivity index (χ2n) is 3.74. The van der Waals surface area contributed by atoms with Crippen LogP contribution in [0.15, 0.2) is 0 Å². The Morgan fingerprint density at radius 2 is 1.59 bits per heavy atom. The molecule has 0 aromatic heterocycles. The molecule has 1 unspecified atom stereocenters. The summed E-state index contributed by atoms with van der Waals surface area (Å²) in [5.74, 6) is -3.18. The Labute approximate surface area is 99.0 Å². The molecule has 17 heavy (non-hydrogen) atoms. The third kappa shape index (κ3) is 4.39. The monoisotopic (exact) mass is 247 g/mol. The van der Waals surface area contributed by atoms with Gasteiger partial charge in [-0.15, -0.1) is 0 Å². The molecular formula is C10H17NO6. The number of methoxy groups -OCH3 is 1. The van der Waals surface area contributed by atoms with Crippen molar-refractivity contribution in [3.8, 4) is 0 Å². The van der Waals surface area contributed by atoms with E-state index >= 15 is 0 Å². The number of carboxylic acid groups (broad SMARTS) is 2. The van der Waals surface area contributed by atoms with Gasteiger partial charge in [0.25, 0.3) is 5.91 Å². The van der Waals surface area contributed by atoms with E-state index in [2.05, 4.69) is 0 Å². The molecule has 0 heterocycles. The molecule has 7 nitrogen and oxygen atoms in total. The van der Waals surface area contributed by atoms with Crippen molar-refractivity contribution in [2.75, 3.05) is 20.2 Å². The summed E-state index contributed by atoms with van der Waals surface area (Å²) in [6, 6.07) is 0. The molecule has 98 valence electrons. The van der Waals surface area contributed by atoms with Crippen LogP contribution >= 0.6 is 0 Å². The maximum Gasteiger partial charge on any atom is 0.323 e. The lowest BCUT2D eigenvalue weighted by Gasteiger charge is -2.31. The SMILES string of the molecule is CCC(C)(OC)C(=O)N(CC(=O)O)CC(=O)O. The number of aliphatic carboxylic acids is 2. The van der Waals surface area contributed by atoms with Gasteiger partial charge in [-0.05, 0) is 13.3 Å². The first-order chi connectivity index (χ1) is 7.76. The number of nitrogens with zero attached hydrogens (tertiary/aromatic N) is 1. The van der Waals surface area contributed by atoms with Gasteiger partial charge < -0.3 is 19.8 Å². The maximum atomic E-state index is 12.0. The Kier molecular flexibility index (Phi) is 5.60. The lowest BCUT2D eigenvalue weighted by molar-refractivity contribution is -0.161. The largest absolute Gasteiger partial charge is 0.480 e. The maximum absolute atomic E-state index is 12.0. The zero-order chi connectivity index (χ0) is 13.6. The molecule has 0 aliphatic carbocycles. The molecule has 0 rings (SSSR count). The Morgan fingerprint density at radius 1 is 1.18 bits per heavy atom. The number of hydrogen-bond acceptors (Lipinski definition) is 4. The fourth-order valence-electron chi connectivity index (χ4n) is 1.24. The van der Waals surface area contributed by atoms with Crippen LogP contribution < -0.4 is 0 Å². The van der Waals surface area contributed by atoms with Crippen molar-refractivity contribution < 1.29 is 29.3 Å². The molecule has 0 aliphatic heterocycles. The van der Waals surface area contributed by atoms with Gasteiger partial charge in [-0.1, -0.05) is 6.92 Å². The number of carbonyl (C=O) groups excluding carboxylic acids is 1. The summed E-state index contributed by atoms with van der Waals surface area (Å²) in [5, 5.41) is 17.3. The van der Waals surface area contributed by atoms with Crippen LogP contribution in [0.5, 0.6) is 0 Å². The summed E-state index contributed by atoms with van der Waals surface area (Å²) < 4.78 is 5.02. The minimum atomic E-state index is -1.27. The lowest BCUT2D eigenvalue weighted by atomic mass is 10.0. The van der Waals surface area contributed by atoms with Gasteiger partial charge in [0.2, 0.25) is 0 Å². The lowest BCUT2D eigenvalue weighted by Crippen LogP contribution is -2.51. The minimum absolute atomic E-state index is 0.318. The van der Waals surface area contributed by atoms with Crippen LogP contribution in [0.25, 0.3) is 0 Å². The Hall–Kier alpha value is -1.63. The van der Waals surface area contributed by atoms with Crippen LogP contribution in [0.3, 0.4) is 0 Å². The summed E-state index contributed by atoms with van der Waals surface area (Å²) >= 11 is 0. The molecule has 0 saturated carbocycles. The minimum Gasteiger partial charge on any atom is -0.480 e. The van der Waals surface area contributed by atoms with Crippen molar-refractivity contribution in [1.29, 1.82) is 0 Å². The zero-order valence-electron chi connectivity index (χ0n) is 10.1. The van der Waals surface area contributed by atoms with Crippen molar-refractivity contribution in [3.63, 3.8) is 0 Å². The van der Waals surface area contributed by atoms with Gasteiger partial charge >= 0.3 is 11.9 Å². The first-order valence-corrected chi connectivity index (χ1v) is 5.05. The van der Waals surface area contributed by atoms with E-state index in [1.165, 1.54) is 14.0 Å². The Balaban J connectivity index is 4.96. The average Bonchev–Trinajstić information content (AvgIpc) is 2.24. The van der Waals surface area contributed by atoms with E-state index < -0.39 is 36.5 Å². The van der Waals surface area contributed by atoms with E-state index in [0.717, 1.165) is 4.90 Å². The van der Waals surface area contributed by atoms with Crippen molar-refractivity contribution >= 4 is 17.8 Å². The van der Waals surface area contributed by atoms with Crippen molar-refractivity contribution in [3.05, 3.63) is 0 Å². The van der Waals surface area contributed by atoms with Gasteiger partial charge in [0.05, 0.1) is 0 Å². The quantitative estimate of drug-likeness (QED) is 0.645. The molecule has 0 aromatic carbocycles. The van der Waals surface area contributed by atoms with Crippen LogP contribution in [-0.4, -0.2) is 58.8 Å². The van der Waals surface area contributed by atoms with Gasteiger partial charge in [0.1, 0.15) is 18.7 Å². The fourth-order valence-corrected chi connectivity index (χ4v) is 1.24. The molecule has 0 aromatic rings. The van der Waals surface area contributed by atoms with Gasteiger partial charge in [-0.3, -0.25) is 14.4 Å². The smallest absolute Gasteiger partial charge is 0.323 e. The highest BCUT2D eigenvalue weighted by Crippen LogP contribution is 2.17. The molecule has 0 radical (unpaired) electrons. The van der Waals surface area contributed by atoms with Gasteiger partial charge in [-0.2, -0.15) is 0 Å².